The number of benzene rings is 1. The van der Waals surface area contributed by atoms with Gasteiger partial charge in [0.05, 0.1) is 44.2 Å². The topological polar surface area (TPSA) is 170 Å². The highest BCUT2D eigenvalue weighted by molar-refractivity contribution is 5.88. The van der Waals surface area contributed by atoms with Crippen LogP contribution in [0.3, 0.4) is 0 Å². The number of likely N-dealkylation sites (tertiary alicyclic amines) is 1. The molecule has 0 saturated carbocycles. The maximum atomic E-state index is 14.2. The van der Waals surface area contributed by atoms with Crippen LogP contribution in [0.2, 0.25) is 0 Å². The van der Waals surface area contributed by atoms with Crippen LogP contribution < -0.4 is 16.0 Å². The number of carbonyl (C=O) groups is 4. The first-order valence-electron chi connectivity index (χ1n) is 21.4. The zero-order valence-corrected chi connectivity index (χ0v) is 35.9. The zero-order chi connectivity index (χ0) is 42.6. The second kappa shape index (κ2) is 15.9. The fourth-order valence-electron chi connectivity index (χ4n) is 10.5. The number of allylic oxidation sites excluding steroid dienone is 4. The largest absolute Gasteiger partial charge is 0.453 e. The Labute approximate surface area is 352 Å². The van der Waals surface area contributed by atoms with Crippen LogP contribution in [0.15, 0.2) is 60.6 Å². The van der Waals surface area contributed by atoms with Gasteiger partial charge < -0.3 is 49.8 Å². The van der Waals surface area contributed by atoms with Crippen LogP contribution in [0.1, 0.15) is 90.6 Å². The lowest BCUT2D eigenvalue weighted by molar-refractivity contribution is -0.136. The molecule has 3 unspecified atom stereocenters. The standard InChI is InChI=1S/C45H60N8O7/c1-27(2)36(48-41(56)58-6)39(54)52-26-45(18-21-60-22-19-45)23-33(52)38-46-24-32(47-38)31-12-10-29(11-13-31)30-14-16-43(4,17-15-30)34-25-53-28(3)37(49-42(57)59-7)40(55)51-20-8-9-35(51)44(53,5)50-34/h10-16,24-25,27-28,33,35-37,50H,8-9,17-23,26H2,1-7H3,(H,46,47)(H,48,56)(H,49,57)/t28?,33?,35-,36-,37-,43+,44?/m0/s1. The number of carbonyl (C=O) groups excluding carboxylic acids is 4. The van der Waals surface area contributed by atoms with Crippen molar-refractivity contribution < 1.29 is 33.4 Å². The maximum absolute atomic E-state index is 14.2. The molecular formula is C45H60N8O7. The van der Waals surface area contributed by atoms with Crippen molar-refractivity contribution in [1.29, 1.82) is 0 Å². The van der Waals surface area contributed by atoms with Crippen LogP contribution in [0.4, 0.5) is 9.59 Å². The second-order valence-electron chi connectivity index (χ2n) is 18.3. The number of nitrogens with zero attached hydrogens (tertiary/aromatic N) is 4. The molecule has 4 N–H and O–H groups in total. The van der Waals surface area contributed by atoms with Crippen LogP contribution in [-0.2, 0) is 23.8 Å². The average molecular weight is 825 g/mol. The van der Waals surface area contributed by atoms with Gasteiger partial charge in [-0.15, -0.1) is 0 Å². The Bertz CT molecular complexity index is 2090. The number of rotatable bonds is 8. The summed E-state index contributed by atoms with van der Waals surface area (Å²) in [5.41, 5.74) is 4.25. The molecule has 15 nitrogen and oxygen atoms in total. The summed E-state index contributed by atoms with van der Waals surface area (Å²) in [6.07, 6.45) is 14.6. The molecule has 4 saturated heterocycles. The molecular weight excluding hydrogens is 765 g/mol. The van der Waals surface area contributed by atoms with E-state index in [-0.39, 0.29) is 46.7 Å². The number of alkyl carbamates (subject to hydrolysis) is 2. The Morgan fingerprint density at radius 3 is 2.42 bits per heavy atom. The monoisotopic (exact) mass is 824 g/mol. The predicted molar refractivity (Wildman–Crippen MR) is 225 cm³/mol. The number of imidazole rings is 1. The molecule has 1 spiro atoms. The SMILES string of the molecule is COC(=O)N[C@H](C(=O)N1CC2(CCOCC2)CC1c1ncc(-c2ccc(C3=CC[C@](C)(C4=CN5C(C)[C@H](NC(=O)OC)C(=O)N6CCC[C@H]6C5(C)N4)C=C3)cc2)[nH]1)C(C)C. The number of fused-ring (bicyclic) bond motifs is 3. The zero-order valence-electron chi connectivity index (χ0n) is 35.9. The van der Waals surface area contributed by atoms with Gasteiger partial charge in [-0.3, -0.25) is 9.59 Å². The van der Waals surface area contributed by atoms with Gasteiger partial charge >= 0.3 is 12.2 Å². The van der Waals surface area contributed by atoms with Crippen molar-refractivity contribution in [3.63, 3.8) is 0 Å². The Hall–Kier alpha value is -5.31. The number of hydrogen-bond acceptors (Lipinski definition) is 10. The highest BCUT2D eigenvalue weighted by atomic mass is 16.5. The third kappa shape index (κ3) is 7.32. The summed E-state index contributed by atoms with van der Waals surface area (Å²) >= 11 is 0. The van der Waals surface area contributed by atoms with E-state index in [1.807, 2.05) is 36.8 Å². The minimum Gasteiger partial charge on any atom is -0.453 e. The minimum atomic E-state index is -0.736. The Kier molecular flexibility index (Phi) is 11.0. The number of ether oxygens (including phenoxy) is 3. The molecule has 6 aliphatic rings. The lowest BCUT2D eigenvalue weighted by Crippen LogP contribution is -2.62. The lowest BCUT2D eigenvalue weighted by Gasteiger charge is -2.44. The summed E-state index contributed by atoms with van der Waals surface area (Å²) in [5, 5.41) is 9.48. The summed E-state index contributed by atoms with van der Waals surface area (Å²) in [6, 6.07) is 6.36. The molecule has 5 aliphatic heterocycles. The molecule has 1 aromatic carbocycles. The van der Waals surface area contributed by atoms with Crippen molar-refractivity contribution in [2.24, 2.45) is 16.7 Å². The predicted octanol–water partition coefficient (Wildman–Crippen LogP) is 5.46. The quantitative estimate of drug-likeness (QED) is 0.268. The molecule has 60 heavy (non-hydrogen) atoms. The van der Waals surface area contributed by atoms with Crippen molar-refractivity contribution in [2.75, 3.05) is 40.5 Å². The summed E-state index contributed by atoms with van der Waals surface area (Å²) < 4.78 is 15.5. The first-order chi connectivity index (χ1) is 28.7. The van der Waals surface area contributed by atoms with Gasteiger partial charge in [0.2, 0.25) is 11.8 Å². The third-order valence-corrected chi connectivity index (χ3v) is 14.2. The van der Waals surface area contributed by atoms with Gasteiger partial charge in [-0.05, 0) is 80.4 Å². The molecule has 4 fully saturated rings. The summed E-state index contributed by atoms with van der Waals surface area (Å²) in [5.74, 6) is 0.394. The molecule has 1 aromatic heterocycles. The van der Waals surface area contributed by atoms with Crippen molar-refractivity contribution in [3.05, 3.63) is 72.0 Å². The highest BCUT2D eigenvalue weighted by Gasteiger charge is 2.57. The van der Waals surface area contributed by atoms with E-state index in [1.165, 1.54) is 14.2 Å². The molecule has 322 valence electrons. The molecule has 0 radical (unpaired) electrons. The Balaban J connectivity index is 0.980. The highest BCUT2D eigenvalue weighted by Crippen LogP contribution is 2.49. The number of H-pyrrole nitrogens is 1. The number of hydrogen-bond donors (Lipinski definition) is 4. The first kappa shape index (κ1) is 41.4. The van der Waals surface area contributed by atoms with E-state index in [0.29, 0.717) is 26.3 Å². The molecule has 4 amide bonds. The van der Waals surface area contributed by atoms with E-state index in [2.05, 4.69) is 88.4 Å². The van der Waals surface area contributed by atoms with Gasteiger partial charge in [0, 0.05) is 43.6 Å². The van der Waals surface area contributed by atoms with Crippen molar-refractivity contribution in [3.8, 4) is 11.3 Å². The van der Waals surface area contributed by atoms with Crippen molar-refractivity contribution in [1.82, 2.24) is 40.6 Å². The molecule has 6 heterocycles. The summed E-state index contributed by atoms with van der Waals surface area (Å²) in [4.78, 5) is 67.0. The van der Waals surface area contributed by atoms with Crippen molar-refractivity contribution >= 4 is 29.6 Å². The van der Waals surface area contributed by atoms with E-state index >= 15 is 0 Å². The van der Waals surface area contributed by atoms with E-state index < -0.39 is 29.9 Å². The lowest BCUT2D eigenvalue weighted by atomic mass is 9.78. The summed E-state index contributed by atoms with van der Waals surface area (Å²) in [7, 11) is 2.62. The van der Waals surface area contributed by atoms with Crippen LogP contribution in [0.25, 0.3) is 16.8 Å². The number of aromatic nitrogens is 2. The van der Waals surface area contributed by atoms with Gasteiger partial charge in [-0.1, -0.05) is 63.3 Å². The van der Waals surface area contributed by atoms with Crippen LogP contribution in [0, 0.1) is 16.7 Å². The third-order valence-electron chi connectivity index (χ3n) is 14.2. The van der Waals surface area contributed by atoms with Gasteiger partial charge in [0.25, 0.3) is 0 Å². The number of aromatic amines is 1. The number of nitrogens with one attached hydrogen (secondary N) is 4. The molecule has 2 aromatic rings. The Morgan fingerprint density at radius 2 is 1.75 bits per heavy atom. The normalized spacial score (nSPS) is 29.9. The van der Waals surface area contributed by atoms with E-state index in [1.54, 1.807) is 0 Å². The van der Waals surface area contributed by atoms with Gasteiger partial charge in [0.1, 0.15) is 23.6 Å². The van der Waals surface area contributed by atoms with Crippen LogP contribution in [0.5, 0.6) is 0 Å². The van der Waals surface area contributed by atoms with Crippen LogP contribution in [-0.4, -0.2) is 119 Å². The van der Waals surface area contributed by atoms with E-state index in [0.717, 1.165) is 72.4 Å². The molecule has 7 atom stereocenters. The van der Waals surface area contributed by atoms with E-state index in [4.69, 9.17) is 19.2 Å². The molecule has 0 bridgehead atoms. The van der Waals surface area contributed by atoms with Gasteiger partial charge in [-0.2, -0.15) is 0 Å². The first-order valence-corrected chi connectivity index (χ1v) is 21.4. The smallest absolute Gasteiger partial charge is 0.407 e. The van der Waals surface area contributed by atoms with Crippen molar-refractivity contribution in [2.45, 2.75) is 109 Å². The fraction of sp³-hybridized carbons (Fsp3) is 0.578. The Morgan fingerprint density at radius 1 is 1.03 bits per heavy atom. The van der Waals surface area contributed by atoms with E-state index in [9.17, 15) is 19.2 Å². The second-order valence-corrected chi connectivity index (χ2v) is 18.3. The van der Waals surface area contributed by atoms with Gasteiger partial charge in [0.15, 0.2) is 0 Å². The number of amides is 4. The average Bonchev–Trinajstić information content (AvgIpc) is 4.07. The summed E-state index contributed by atoms with van der Waals surface area (Å²) in [6.45, 7) is 12.8. The molecule has 8 rings (SSSR count). The number of methoxy groups -OCH3 is 2. The minimum absolute atomic E-state index is 0.0480. The fourth-order valence-corrected chi connectivity index (χ4v) is 10.5. The molecule has 1 aliphatic carbocycles. The van der Waals surface area contributed by atoms with Crippen LogP contribution >= 0.6 is 0 Å². The van der Waals surface area contributed by atoms with Gasteiger partial charge in [-0.25, -0.2) is 14.6 Å². The molecule has 15 heteroatoms. The maximum Gasteiger partial charge on any atom is 0.407 e.